The van der Waals surface area contributed by atoms with Crippen molar-refractivity contribution in [3.8, 4) is 0 Å². The van der Waals surface area contributed by atoms with Crippen molar-refractivity contribution in [2.24, 2.45) is 5.41 Å². The zero-order chi connectivity index (χ0) is 14.9. The van der Waals surface area contributed by atoms with Crippen molar-refractivity contribution in [3.63, 3.8) is 0 Å². The molecule has 0 radical (unpaired) electrons. The van der Waals surface area contributed by atoms with Crippen molar-refractivity contribution in [3.05, 3.63) is 23.8 Å². The average molecular weight is 304 g/mol. The minimum atomic E-state index is -0.813. The molecular formula is C15H26F2N2S. The van der Waals surface area contributed by atoms with Crippen LogP contribution in [0.2, 0.25) is 0 Å². The monoisotopic (exact) mass is 304 g/mol. The summed E-state index contributed by atoms with van der Waals surface area (Å²) in [6, 6.07) is 2.99. The van der Waals surface area contributed by atoms with Gasteiger partial charge in [0, 0.05) is 19.9 Å². The summed E-state index contributed by atoms with van der Waals surface area (Å²) >= 11 is 1.50. The van der Waals surface area contributed by atoms with Crippen LogP contribution >= 0.6 is 11.8 Å². The predicted molar refractivity (Wildman–Crippen MR) is 85.4 cm³/mol. The number of halogens is 2. The van der Waals surface area contributed by atoms with Crippen molar-refractivity contribution in [2.45, 2.75) is 51.2 Å². The largest absolute Gasteiger partial charge is 0.369 e. The van der Waals surface area contributed by atoms with Gasteiger partial charge < -0.3 is 5.32 Å². The molecule has 0 amide bonds. The summed E-state index contributed by atoms with van der Waals surface area (Å²) in [4.78, 5) is 0.745. The smallest absolute Gasteiger partial charge is 0.160 e. The van der Waals surface area contributed by atoms with Crippen LogP contribution in [-0.2, 0) is 0 Å². The summed E-state index contributed by atoms with van der Waals surface area (Å²) in [6.07, 6.45) is 1.16. The standard InChI is InChI=1S/C15H22F2N2S.2H2/c1-5-20-13-7-11(17)10(16)6-12(13)18-9(2)19-14-8-15(14,3)4;;/h6-7,9,14,18-19H,5,8H2,1-4H3;2*1H. The SMILES string of the molecule is CCSc1cc(F)c(F)cc1NC(C)NC1CC1(C)C.[HH].[HH]. The van der Waals surface area contributed by atoms with E-state index in [-0.39, 0.29) is 9.02 Å². The quantitative estimate of drug-likeness (QED) is 0.587. The molecule has 0 aliphatic heterocycles. The van der Waals surface area contributed by atoms with Crippen LogP contribution in [0.5, 0.6) is 0 Å². The maximum Gasteiger partial charge on any atom is 0.160 e. The third-order valence-electron chi connectivity index (χ3n) is 3.66. The lowest BCUT2D eigenvalue weighted by Gasteiger charge is -2.20. The van der Waals surface area contributed by atoms with Gasteiger partial charge in [0.25, 0.3) is 0 Å². The van der Waals surface area contributed by atoms with E-state index in [2.05, 4.69) is 24.5 Å². The van der Waals surface area contributed by atoms with Crippen molar-refractivity contribution in [1.82, 2.24) is 5.32 Å². The molecule has 0 aromatic heterocycles. The predicted octanol–water partition coefficient (Wildman–Crippen LogP) is 4.71. The van der Waals surface area contributed by atoms with Gasteiger partial charge >= 0.3 is 0 Å². The van der Waals surface area contributed by atoms with Gasteiger partial charge in [-0.25, -0.2) is 8.78 Å². The number of hydrogen-bond acceptors (Lipinski definition) is 3. The Morgan fingerprint density at radius 1 is 1.40 bits per heavy atom. The third-order valence-corrected chi connectivity index (χ3v) is 4.60. The van der Waals surface area contributed by atoms with Crippen LogP contribution in [0, 0.1) is 17.0 Å². The Morgan fingerprint density at radius 2 is 2.00 bits per heavy atom. The molecule has 0 heterocycles. The van der Waals surface area contributed by atoms with Crippen LogP contribution in [-0.4, -0.2) is 18.0 Å². The van der Waals surface area contributed by atoms with Crippen molar-refractivity contribution in [2.75, 3.05) is 11.1 Å². The van der Waals surface area contributed by atoms with Gasteiger partial charge in [-0.3, -0.25) is 5.32 Å². The Bertz CT molecular complexity index is 501. The van der Waals surface area contributed by atoms with Crippen molar-refractivity contribution < 1.29 is 11.6 Å². The molecule has 5 heteroatoms. The van der Waals surface area contributed by atoms with E-state index < -0.39 is 11.6 Å². The fourth-order valence-corrected chi connectivity index (χ4v) is 3.02. The minimum Gasteiger partial charge on any atom is -0.369 e. The Kier molecular flexibility index (Phi) is 4.59. The van der Waals surface area contributed by atoms with E-state index in [4.69, 9.17) is 0 Å². The first kappa shape index (κ1) is 15.6. The molecule has 1 aromatic rings. The molecular weight excluding hydrogens is 278 g/mol. The van der Waals surface area contributed by atoms with Crippen LogP contribution in [0.3, 0.4) is 0 Å². The summed E-state index contributed by atoms with van der Waals surface area (Å²) in [5, 5.41) is 6.69. The van der Waals surface area contributed by atoms with Crippen LogP contribution in [0.4, 0.5) is 14.5 Å². The molecule has 2 nitrogen and oxygen atoms in total. The van der Waals surface area contributed by atoms with Gasteiger partial charge in [-0.05, 0) is 30.6 Å². The summed E-state index contributed by atoms with van der Waals surface area (Å²) in [7, 11) is 0. The molecule has 0 spiro atoms. The maximum atomic E-state index is 13.4. The Balaban J connectivity index is 0.00000220. The number of hydrogen-bond donors (Lipinski definition) is 2. The van der Waals surface area contributed by atoms with E-state index in [1.165, 1.54) is 23.9 Å². The maximum absolute atomic E-state index is 13.4. The summed E-state index contributed by atoms with van der Waals surface area (Å²) in [6.45, 7) is 8.42. The second-order valence-electron chi connectivity index (χ2n) is 5.97. The fraction of sp³-hybridized carbons (Fsp3) is 0.600. The van der Waals surface area contributed by atoms with Crippen molar-refractivity contribution >= 4 is 17.4 Å². The summed E-state index contributed by atoms with van der Waals surface area (Å²) < 4.78 is 26.7. The van der Waals surface area contributed by atoms with E-state index in [9.17, 15) is 8.78 Å². The van der Waals surface area contributed by atoms with E-state index >= 15 is 0 Å². The Morgan fingerprint density at radius 3 is 2.55 bits per heavy atom. The topological polar surface area (TPSA) is 24.1 Å². The molecule has 2 unspecified atom stereocenters. The lowest BCUT2D eigenvalue weighted by molar-refractivity contribution is 0.499. The van der Waals surface area contributed by atoms with Gasteiger partial charge in [0.1, 0.15) is 0 Å². The molecule has 20 heavy (non-hydrogen) atoms. The molecule has 116 valence electrons. The third kappa shape index (κ3) is 3.64. The normalized spacial score (nSPS) is 21.6. The number of anilines is 1. The van der Waals surface area contributed by atoms with Crippen LogP contribution < -0.4 is 10.6 Å². The number of benzene rings is 1. The fourth-order valence-electron chi connectivity index (χ4n) is 2.24. The lowest BCUT2D eigenvalue weighted by atomic mass is 10.2. The van der Waals surface area contributed by atoms with E-state index in [0.717, 1.165) is 17.1 Å². The van der Waals surface area contributed by atoms with E-state index in [0.29, 0.717) is 17.1 Å². The van der Waals surface area contributed by atoms with Gasteiger partial charge in [0.05, 0.1) is 11.9 Å². The second kappa shape index (κ2) is 5.90. The summed E-state index contributed by atoms with van der Waals surface area (Å²) in [5.41, 5.74) is 0.986. The number of thioether (sulfide) groups is 1. The molecule has 2 atom stereocenters. The first-order valence-corrected chi connectivity index (χ1v) is 7.96. The molecule has 1 aromatic carbocycles. The molecule has 1 saturated carbocycles. The van der Waals surface area contributed by atoms with Crippen LogP contribution in [0.1, 0.15) is 37.0 Å². The number of nitrogens with one attached hydrogen (secondary N) is 2. The highest BCUT2D eigenvalue weighted by molar-refractivity contribution is 7.99. The van der Waals surface area contributed by atoms with E-state index in [1.54, 1.807) is 0 Å². The molecule has 0 bridgehead atoms. The zero-order valence-electron chi connectivity index (χ0n) is 12.4. The van der Waals surface area contributed by atoms with E-state index in [1.807, 2.05) is 13.8 Å². The average Bonchev–Trinajstić information content (AvgIpc) is 2.93. The lowest BCUT2D eigenvalue weighted by Crippen LogP contribution is -2.36. The van der Waals surface area contributed by atoms with Crippen LogP contribution in [0.15, 0.2) is 17.0 Å². The first-order chi connectivity index (χ1) is 9.33. The molecule has 2 N–H and O–H groups in total. The second-order valence-corrected chi connectivity index (χ2v) is 7.28. The highest BCUT2D eigenvalue weighted by Gasteiger charge is 2.45. The molecule has 2 rings (SSSR count). The van der Waals surface area contributed by atoms with Gasteiger partial charge in [0.15, 0.2) is 11.6 Å². The minimum absolute atomic E-state index is 0. The number of rotatable bonds is 6. The van der Waals surface area contributed by atoms with Gasteiger partial charge in [-0.2, -0.15) is 0 Å². The van der Waals surface area contributed by atoms with Gasteiger partial charge in [-0.15, -0.1) is 11.8 Å². The zero-order valence-corrected chi connectivity index (χ0v) is 13.2. The van der Waals surface area contributed by atoms with Gasteiger partial charge in [0.2, 0.25) is 0 Å². The molecule has 1 aliphatic carbocycles. The van der Waals surface area contributed by atoms with Crippen LogP contribution in [0.25, 0.3) is 0 Å². The molecule has 1 fully saturated rings. The van der Waals surface area contributed by atoms with Crippen molar-refractivity contribution in [1.29, 1.82) is 0 Å². The first-order valence-electron chi connectivity index (χ1n) is 6.98. The Labute approximate surface area is 126 Å². The molecule has 0 saturated heterocycles. The highest BCUT2D eigenvalue weighted by atomic mass is 32.2. The highest BCUT2D eigenvalue weighted by Crippen LogP contribution is 2.44. The summed E-state index contributed by atoms with van der Waals surface area (Å²) in [5.74, 6) is -0.792. The van der Waals surface area contributed by atoms with Gasteiger partial charge in [-0.1, -0.05) is 20.8 Å². The molecule has 1 aliphatic rings. The Hall–Kier alpha value is -0.810.